The molecule has 2 rings (SSSR count). The van der Waals surface area contributed by atoms with Crippen molar-refractivity contribution in [3.05, 3.63) is 29.3 Å². The van der Waals surface area contributed by atoms with Crippen LogP contribution in [-0.2, 0) is 11.0 Å². The van der Waals surface area contributed by atoms with Gasteiger partial charge in [-0.25, -0.2) is 0 Å². The zero-order chi connectivity index (χ0) is 15.8. The van der Waals surface area contributed by atoms with Gasteiger partial charge >= 0.3 is 12.1 Å². The summed E-state index contributed by atoms with van der Waals surface area (Å²) >= 11 is 0. The number of aliphatic carboxylic acids is 1. The third-order valence-corrected chi connectivity index (χ3v) is 3.36. The fourth-order valence-corrected chi connectivity index (χ4v) is 2.34. The van der Waals surface area contributed by atoms with Gasteiger partial charge in [-0.2, -0.15) is 13.2 Å². The molecule has 1 aliphatic rings. The molecule has 0 saturated carbocycles. The van der Waals surface area contributed by atoms with E-state index in [9.17, 15) is 22.8 Å². The lowest BCUT2D eigenvalue weighted by Crippen LogP contribution is -2.47. The molecular weight excluding hydrogens is 289 g/mol. The number of nitrogens with two attached hydrogens (primary N) is 1. The van der Waals surface area contributed by atoms with Crippen LogP contribution in [0.25, 0.3) is 0 Å². The first kappa shape index (κ1) is 15.1. The van der Waals surface area contributed by atoms with E-state index in [1.54, 1.807) is 4.90 Å². The average molecular weight is 302 g/mol. The molecule has 1 heterocycles. The Morgan fingerprint density at radius 3 is 2.43 bits per heavy atom. The lowest BCUT2D eigenvalue weighted by molar-refractivity contribution is -0.138. The number of hydrogen-bond donors (Lipinski definition) is 2. The second-order valence-corrected chi connectivity index (χ2v) is 4.96. The van der Waals surface area contributed by atoms with Crippen molar-refractivity contribution >= 4 is 17.6 Å². The first-order valence-corrected chi connectivity index (χ1v) is 6.16. The SMILES string of the molecule is NC(=O)c1ccc(N2CC(CC(=O)O)C2)cc1C(F)(F)F. The summed E-state index contributed by atoms with van der Waals surface area (Å²) in [6.45, 7) is 0.749. The fraction of sp³-hybridized carbons (Fsp3) is 0.385. The number of benzene rings is 1. The van der Waals surface area contributed by atoms with Crippen molar-refractivity contribution < 1.29 is 27.9 Å². The van der Waals surface area contributed by atoms with E-state index >= 15 is 0 Å². The highest BCUT2D eigenvalue weighted by atomic mass is 19.4. The Hall–Kier alpha value is -2.25. The van der Waals surface area contributed by atoms with Gasteiger partial charge in [0.2, 0.25) is 5.91 Å². The lowest BCUT2D eigenvalue weighted by atomic mass is 9.94. The van der Waals surface area contributed by atoms with Crippen LogP contribution in [0.1, 0.15) is 22.3 Å². The van der Waals surface area contributed by atoms with Crippen LogP contribution in [-0.4, -0.2) is 30.1 Å². The molecule has 1 fully saturated rings. The zero-order valence-corrected chi connectivity index (χ0v) is 10.9. The van der Waals surface area contributed by atoms with Crippen LogP contribution in [0.5, 0.6) is 0 Å². The average Bonchev–Trinajstić information content (AvgIpc) is 2.31. The maximum Gasteiger partial charge on any atom is 0.417 e. The van der Waals surface area contributed by atoms with Gasteiger partial charge in [-0.05, 0) is 18.2 Å². The molecule has 1 aromatic carbocycles. The molecule has 8 heteroatoms. The fourth-order valence-electron chi connectivity index (χ4n) is 2.34. The summed E-state index contributed by atoms with van der Waals surface area (Å²) in [5, 5.41) is 8.64. The molecule has 21 heavy (non-hydrogen) atoms. The van der Waals surface area contributed by atoms with Gasteiger partial charge < -0.3 is 15.7 Å². The highest BCUT2D eigenvalue weighted by molar-refractivity contribution is 5.95. The number of nitrogens with zero attached hydrogens (tertiary/aromatic N) is 1. The van der Waals surface area contributed by atoms with E-state index in [0.717, 1.165) is 12.1 Å². The Morgan fingerprint density at radius 1 is 1.33 bits per heavy atom. The number of halogens is 3. The van der Waals surface area contributed by atoms with E-state index in [1.807, 2.05) is 0 Å². The van der Waals surface area contributed by atoms with E-state index in [-0.39, 0.29) is 12.3 Å². The molecular formula is C13H13F3N2O3. The molecule has 0 radical (unpaired) electrons. The molecule has 0 atom stereocenters. The third kappa shape index (κ3) is 3.26. The normalized spacial score (nSPS) is 15.7. The standard InChI is InChI=1S/C13H13F3N2O3/c14-13(15,16)10-4-8(1-2-9(10)12(17)21)18-5-7(6-18)3-11(19)20/h1-2,4,7H,3,5-6H2,(H2,17,21)(H,19,20). The largest absolute Gasteiger partial charge is 0.481 e. The highest BCUT2D eigenvalue weighted by Gasteiger charge is 2.36. The molecule has 1 aromatic rings. The monoisotopic (exact) mass is 302 g/mol. The summed E-state index contributed by atoms with van der Waals surface area (Å²) in [6, 6.07) is 3.30. The van der Waals surface area contributed by atoms with Crippen molar-refractivity contribution in [3.63, 3.8) is 0 Å². The number of anilines is 1. The van der Waals surface area contributed by atoms with Gasteiger partial charge in [-0.15, -0.1) is 0 Å². The maximum atomic E-state index is 12.9. The molecule has 114 valence electrons. The van der Waals surface area contributed by atoms with Crippen molar-refractivity contribution in [1.82, 2.24) is 0 Å². The van der Waals surface area contributed by atoms with Crippen LogP contribution in [0, 0.1) is 5.92 Å². The molecule has 0 unspecified atom stereocenters. The van der Waals surface area contributed by atoms with Gasteiger partial charge in [0, 0.05) is 24.7 Å². The van der Waals surface area contributed by atoms with Gasteiger partial charge in [-0.1, -0.05) is 0 Å². The van der Waals surface area contributed by atoms with Gasteiger partial charge in [-0.3, -0.25) is 9.59 Å². The zero-order valence-electron chi connectivity index (χ0n) is 10.9. The minimum Gasteiger partial charge on any atom is -0.481 e. The summed E-state index contributed by atoms with van der Waals surface area (Å²) in [5.41, 5.74) is 3.59. The summed E-state index contributed by atoms with van der Waals surface area (Å²) in [5.74, 6) is -2.14. The van der Waals surface area contributed by atoms with E-state index in [1.165, 1.54) is 6.07 Å². The summed E-state index contributed by atoms with van der Waals surface area (Å²) < 4.78 is 38.8. The number of carbonyl (C=O) groups excluding carboxylic acids is 1. The van der Waals surface area contributed by atoms with Crippen LogP contribution in [0.4, 0.5) is 18.9 Å². The number of carboxylic acid groups (broad SMARTS) is 1. The highest BCUT2D eigenvalue weighted by Crippen LogP contribution is 2.36. The molecule has 1 amide bonds. The molecule has 3 N–H and O–H groups in total. The summed E-state index contributed by atoms with van der Waals surface area (Å²) in [4.78, 5) is 23.2. The number of rotatable bonds is 4. The Kier molecular flexibility index (Phi) is 3.80. The molecule has 0 spiro atoms. The van der Waals surface area contributed by atoms with Crippen molar-refractivity contribution in [2.45, 2.75) is 12.6 Å². The predicted molar refractivity (Wildman–Crippen MR) is 67.9 cm³/mol. The Labute approximate surface area is 118 Å². The van der Waals surface area contributed by atoms with Gasteiger partial charge in [0.05, 0.1) is 17.5 Å². The smallest absolute Gasteiger partial charge is 0.417 e. The first-order chi connectivity index (χ1) is 9.68. The number of carboxylic acids is 1. The topological polar surface area (TPSA) is 83.6 Å². The number of primary amides is 1. The number of amides is 1. The minimum absolute atomic E-state index is 0.0119. The Balaban J connectivity index is 2.20. The molecule has 5 nitrogen and oxygen atoms in total. The van der Waals surface area contributed by atoms with Crippen molar-refractivity contribution in [2.75, 3.05) is 18.0 Å². The van der Waals surface area contributed by atoms with E-state index in [2.05, 4.69) is 0 Å². The Bertz CT molecular complexity index is 581. The maximum absolute atomic E-state index is 12.9. The summed E-state index contributed by atoms with van der Waals surface area (Å²) in [7, 11) is 0. The van der Waals surface area contributed by atoms with Crippen molar-refractivity contribution in [2.24, 2.45) is 11.7 Å². The first-order valence-electron chi connectivity index (χ1n) is 6.16. The summed E-state index contributed by atoms with van der Waals surface area (Å²) in [6.07, 6.45) is -4.69. The van der Waals surface area contributed by atoms with Crippen molar-refractivity contribution in [3.8, 4) is 0 Å². The van der Waals surface area contributed by atoms with E-state index in [0.29, 0.717) is 18.8 Å². The number of hydrogen-bond acceptors (Lipinski definition) is 3. The number of carbonyl (C=O) groups is 2. The molecule has 0 aromatic heterocycles. The van der Waals surface area contributed by atoms with Crippen LogP contribution in [0.3, 0.4) is 0 Å². The van der Waals surface area contributed by atoms with Gasteiger partial charge in [0.15, 0.2) is 0 Å². The van der Waals surface area contributed by atoms with Gasteiger partial charge in [0.1, 0.15) is 0 Å². The second-order valence-electron chi connectivity index (χ2n) is 4.96. The van der Waals surface area contributed by atoms with E-state index in [4.69, 9.17) is 10.8 Å². The van der Waals surface area contributed by atoms with E-state index < -0.39 is 29.2 Å². The lowest BCUT2D eigenvalue weighted by Gasteiger charge is -2.40. The van der Waals surface area contributed by atoms with Crippen LogP contribution < -0.4 is 10.6 Å². The van der Waals surface area contributed by atoms with Crippen LogP contribution in [0.2, 0.25) is 0 Å². The van der Waals surface area contributed by atoms with Crippen molar-refractivity contribution in [1.29, 1.82) is 0 Å². The minimum atomic E-state index is -4.67. The number of alkyl halides is 3. The van der Waals surface area contributed by atoms with Crippen LogP contribution >= 0.6 is 0 Å². The molecule has 1 aliphatic heterocycles. The molecule has 0 aliphatic carbocycles. The quantitative estimate of drug-likeness (QED) is 0.887. The molecule has 0 bridgehead atoms. The second kappa shape index (κ2) is 5.27. The van der Waals surface area contributed by atoms with Gasteiger partial charge in [0.25, 0.3) is 0 Å². The van der Waals surface area contributed by atoms with Crippen LogP contribution in [0.15, 0.2) is 18.2 Å². The Morgan fingerprint density at radius 2 is 1.95 bits per heavy atom. The predicted octanol–water partition coefficient (Wildman–Crippen LogP) is 1.72. The third-order valence-electron chi connectivity index (χ3n) is 3.36. The molecule has 1 saturated heterocycles.